The number of para-hydroxylation sites is 1. The molecule has 4 heterocycles. The molecule has 2 aromatic carbocycles. The number of ether oxygens (including phenoxy) is 2. The summed E-state index contributed by atoms with van der Waals surface area (Å²) >= 11 is 0. The first-order valence-electron chi connectivity index (χ1n) is 15.5. The number of nitrogens with one attached hydrogen (secondary N) is 1. The first-order chi connectivity index (χ1) is 22.9. The molecule has 2 aromatic heterocycles. The van der Waals surface area contributed by atoms with Gasteiger partial charge in [0.25, 0.3) is 5.79 Å². The van der Waals surface area contributed by atoms with E-state index >= 15 is 4.39 Å². The number of benzene rings is 2. The fourth-order valence-corrected chi connectivity index (χ4v) is 6.53. The van der Waals surface area contributed by atoms with Crippen molar-refractivity contribution in [3.05, 3.63) is 88.3 Å². The van der Waals surface area contributed by atoms with Crippen molar-refractivity contribution in [2.45, 2.75) is 63.5 Å². The van der Waals surface area contributed by atoms with Gasteiger partial charge < -0.3 is 14.6 Å². The maximum Gasteiger partial charge on any atom is 0.451 e. The Labute approximate surface area is 272 Å². The number of aromatic nitrogens is 4. The molecule has 0 amide bonds. The molecule has 4 aromatic rings. The van der Waals surface area contributed by atoms with Crippen LogP contribution in [-0.2, 0) is 24.9 Å². The van der Waals surface area contributed by atoms with Crippen LogP contribution in [0.1, 0.15) is 77.1 Å². The van der Waals surface area contributed by atoms with Crippen LogP contribution in [0.3, 0.4) is 0 Å². The van der Waals surface area contributed by atoms with Crippen LogP contribution in [0.25, 0.3) is 11.4 Å². The second-order valence-electron chi connectivity index (χ2n) is 12.8. The zero-order valence-electron chi connectivity index (χ0n) is 25.8. The lowest BCUT2D eigenvalue weighted by molar-refractivity contribution is -0.144. The summed E-state index contributed by atoms with van der Waals surface area (Å²) in [6.45, 7) is 3.55. The number of carboxylic acids is 1. The number of nitriles is 1. The molecule has 248 valence electrons. The predicted octanol–water partition coefficient (Wildman–Crippen LogP) is 6.59. The molecule has 2 N–H and O–H groups in total. The SMILES string of the molecule is C[C@]1(c2ccc(C(=O)O)cc2F)Oc2cccc(C3CCN(Cc4ncc(-c5n[nH]c(C(F)(F)F)n5)cc4CC4(C#N)CC4)CC3)c2O1. The minimum atomic E-state index is -4.65. The fraction of sp³-hybridized carbons (Fsp3) is 0.382. The molecule has 7 rings (SSSR count). The Kier molecular flexibility index (Phi) is 7.62. The van der Waals surface area contributed by atoms with Crippen LogP contribution in [0.5, 0.6) is 11.5 Å². The van der Waals surface area contributed by atoms with Crippen molar-refractivity contribution >= 4 is 5.97 Å². The summed E-state index contributed by atoms with van der Waals surface area (Å²) < 4.78 is 66.7. The van der Waals surface area contributed by atoms with Crippen molar-refractivity contribution in [1.29, 1.82) is 5.26 Å². The van der Waals surface area contributed by atoms with Gasteiger partial charge in [0.15, 0.2) is 17.3 Å². The Balaban J connectivity index is 1.06. The average molecular weight is 663 g/mol. The average Bonchev–Trinajstić information content (AvgIpc) is 3.46. The zero-order valence-corrected chi connectivity index (χ0v) is 25.8. The second kappa shape index (κ2) is 11.6. The zero-order chi connectivity index (χ0) is 33.8. The standard InChI is InChI=1S/C34H30F4N6O4/c1-32(24-6-5-20(30(45)46)14-25(24)35)47-27-4-2-3-23(28(27)48-32)19-7-11-44(12-8-19)17-26-21(15-33(18-39)9-10-33)13-22(16-40-26)29-41-31(43-42-29)34(36,37)38/h2-6,13-14,16,19H,7-12,15,17H2,1H3,(H,45,46)(H,41,42,43)/t32-/m0/s1. The normalized spacial score (nSPS) is 20.4. The van der Waals surface area contributed by atoms with Gasteiger partial charge in [-0.1, -0.05) is 12.1 Å². The van der Waals surface area contributed by atoms with E-state index in [1.54, 1.807) is 19.1 Å². The molecule has 14 heteroatoms. The monoisotopic (exact) mass is 662 g/mol. The van der Waals surface area contributed by atoms with Crippen LogP contribution in [-0.4, -0.2) is 49.2 Å². The summed E-state index contributed by atoms with van der Waals surface area (Å²) in [4.78, 5) is 21.8. The molecule has 0 spiro atoms. The molecule has 1 saturated carbocycles. The van der Waals surface area contributed by atoms with E-state index in [0.29, 0.717) is 30.0 Å². The molecule has 0 radical (unpaired) electrons. The quantitative estimate of drug-likeness (QED) is 0.200. The summed E-state index contributed by atoms with van der Waals surface area (Å²) in [5.74, 6) is -3.61. The van der Waals surface area contributed by atoms with Crippen molar-refractivity contribution in [2.75, 3.05) is 13.1 Å². The Hall–Kier alpha value is -5.03. The third kappa shape index (κ3) is 5.94. The van der Waals surface area contributed by atoms with Gasteiger partial charge in [-0.05, 0) is 87.0 Å². The minimum Gasteiger partial charge on any atom is -0.478 e. The van der Waals surface area contributed by atoms with E-state index in [2.05, 4.69) is 26.0 Å². The van der Waals surface area contributed by atoms with E-state index in [-0.39, 0.29) is 22.9 Å². The highest BCUT2D eigenvalue weighted by molar-refractivity contribution is 5.87. The third-order valence-electron chi connectivity index (χ3n) is 9.41. The molecular weight excluding hydrogens is 632 g/mol. The van der Waals surface area contributed by atoms with Crippen molar-refractivity contribution in [3.8, 4) is 29.0 Å². The van der Waals surface area contributed by atoms with Crippen molar-refractivity contribution in [1.82, 2.24) is 25.1 Å². The number of pyridine rings is 1. The molecule has 0 bridgehead atoms. The van der Waals surface area contributed by atoms with Gasteiger partial charge in [-0.2, -0.15) is 23.5 Å². The number of rotatable bonds is 8. The lowest BCUT2D eigenvalue weighted by atomic mass is 9.88. The van der Waals surface area contributed by atoms with Crippen LogP contribution >= 0.6 is 0 Å². The summed E-state index contributed by atoms with van der Waals surface area (Å²) in [7, 11) is 0. The Morgan fingerprint density at radius 3 is 2.58 bits per heavy atom. The predicted molar refractivity (Wildman–Crippen MR) is 161 cm³/mol. The molecule has 10 nitrogen and oxygen atoms in total. The van der Waals surface area contributed by atoms with Crippen LogP contribution in [0.4, 0.5) is 17.6 Å². The van der Waals surface area contributed by atoms with Crippen molar-refractivity contribution in [2.24, 2.45) is 5.41 Å². The molecule has 2 fully saturated rings. The number of fused-ring (bicyclic) bond motifs is 1. The number of likely N-dealkylation sites (tertiary alicyclic amines) is 1. The third-order valence-corrected chi connectivity index (χ3v) is 9.41. The van der Waals surface area contributed by atoms with Crippen LogP contribution in [0.2, 0.25) is 0 Å². The number of nitrogens with zero attached hydrogens (tertiary/aromatic N) is 5. The van der Waals surface area contributed by atoms with Gasteiger partial charge in [0, 0.05) is 30.8 Å². The molecule has 0 unspecified atom stereocenters. The number of H-pyrrole nitrogens is 1. The lowest BCUT2D eigenvalue weighted by Gasteiger charge is -2.33. The highest BCUT2D eigenvalue weighted by Crippen LogP contribution is 2.50. The number of alkyl halides is 3. The number of carboxylic acid groups (broad SMARTS) is 1. The highest BCUT2D eigenvalue weighted by Gasteiger charge is 2.45. The van der Waals surface area contributed by atoms with Gasteiger partial charge >= 0.3 is 12.1 Å². The van der Waals surface area contributed by atoms with E-state index in [1.807, 2.05) is 17.2 Å². The summed E-state index contributed by atoms with van der Waals surface area (Å²) in [6.07, 6.45) is 0.335. The molecule has 1 atom stereocenters. The number of aromatic amines is 1. The number of aromatic carboxylic acids is 1. The van der Waals surface area contributed by atoms with Gasteiger partial charge in [0.1, 0.15) is 5.82 Å². The van der Waals surface area contributed by atoms with Gasteiger partial charge in [0.05, 0.1) is 28.3 Å². The van der Waals surface area contributed by atoms with Crippen LogP contribution in [0, 0.1) is 22.6 Å². The molecule has 48 heavy (non-hydrogen) atoms. The molecule has 3 aliphatic rings. The lowest BCUT2D eigenvalue weighted by Crippen LogP contribution is -2.34. The molecule has 1 saturated heterocycles. The highest BCUT2D eigenvalue weighted by atomic mass is 19.4. The smallest absolute Gasteiger partial charge is 0.451 e. The van der Waals surface area contributed by atoms with Gasteiger partial charge in [-0.25, -0.2) is 14.2 Å². The summed E-state index contributed by atoms with van der Waals surface area (Å²) in [5.41, 5.74) is 2.26. The Bertz CT molecular complexity index is 1940. The Morgan fingerprint density at radius 1 is 1.17 bits per heavy atom. The summed E-state index contributed by atoms with van der Waals surface area (Å²) in [5, 5.41) is 24.7. The Morgan fingerprint density at radius 2 is 1.94 bits per heavy atom. The first kappa shape index (κ1) is 31.6. The fourth-order valence-electron chi connectivity index (χ4n) is 6.53. The molecule has 1 aliphatic carbocycles. The van der Waals surface area contributed by atoms with E-state index in [9.17, 15) is 28.3 Å². The topological polar surface area (TPSA) is 137 Å². The number of hydrogen-bond acceptors (Lipinski definition) is 8. The van der Waals surface area contributed by atoms with E-state index in [1.165, 1.54) is 18.3 Å². The van der Waals surface area contributed by atoms with Gasteiger partial charge in [-0.15, -0.1) is 0 Å². The number of hydrogen-bond donors (Lipinski definition) is 2. The van der Waals surface area contributed by atoms with E-state index < -0.39 is 35.0 Å². The molecule has 2 aliphatic heterocycles. The maximum absolute atomic E-state index is 15.0. The largest absolute Gasteiger partial charge is 0.478 e. The van der Waals surface area contributed by atoms with Crippen LogP contribution < -0.4 is 9.47 Å². The van der Waals surface area contributed by atoms with E-state index in [0.717, 1.165) is 61.7 Å². The minimum absolute atomic E-state index is 0.0898. The van der Waals surface area contributed by atoms with Crippen molar-refractivity contribution in [3.63, 3.8) is 0 Å². The number of halogens is 4. The summed E-state index contributed by atoms with van der Waals surface area (Å²) in [6, 6.07) is 13.4. The first-order valence-corrected chi connectivity index (χ1v) is 15.5. The van der Waals surface area contributed by atoms with E-state index in [4.69, 9.17) is 9.47 Å². The maximum atomic E-state index is 15.0. The number of piperidine rings is 1. The van der Waals surface area contributed by atoms with Crippen LogP contribution in [0.15, 0.2) is 48.7 Å². The number of carbonyl (C=O) groups is 1. The van der Waals surface area contributed by atoms with Crippen molar-refractivity contribution < 1.29 is 36.9 Å². The second-order valence-corrected chi connectivity index (χ2v) is 12.8. The van der Waals surface area contributed by atoms with Gasteiger partial charge in [-0.3, -0.25) is 15.0 Å². The molecular formula is C34H30F4N6O4. The van der Waals surface area contributed by atoms with Gasteiger partial charge in [0.2, 0.25) is 5.82 Å².